The fourth-order valence-corrected chi connectivity index (χ4v) is 1.27. The predicted octanol–water partition coefficient (Wildman–Crippen LogP) is 1.89. The normalized spacial score (nSPS) is 9.07. The Morgan fingerprint density at radius 2 is 2.29 bits per heavy atom. The molecule has 14 heavy (non-hydrogen) atoms. The van der Waals surface area contributed by atoms with Crippen molar-refractivity contribution in [2.45, 2.75) is 6.92 Å². The SMILES string of the molecule is CC(=O)c1cc(C#CCO)ccc1Cl. The zero-order chi connectivity index (χ0) is 10.6. The van der Waals surface area contributed by atoms with Gasteiger partial charge in [-0.2, -0.15) is 0 Å². The molecular formula is C11H9ClO2. The molecule has 1 rings (SSSR count). The van der Waals surface area contributed by atoms with E-state index in [1.54, 1.807) is 18.2 Å². The monoisotopic (exact) mass is 208 g/mol. The molecule has 0 bridgehead atoms. The molecule has 0 amide bonds. The number of aliphatic hydroxyl groups is 1. The molecule has 0 heterocycles. The number of aliphatic hydroxyl groups excluding tert-OH is 1. The average Bonchev–Trinajstić information content (AvgIpc) is 2.16. The average molecular weight is 209 g/mol. The summed E-state index contributed by atoms with van der Waals surface area (Å²) in [4.78, 5) is 11.1. The Morgan fingerprint density at radius 3 is 2.86 bits per heavy atom. The van der Waals surface area contributed by atoms with Gasteiger partial charge in [-0.3, -0.25) is 4.79 Å². The first-order valence-corrected chi connectivity index (χ1v) is 4.43. The summed E-state index contributed by atoms with van der Waals surface area (Å²) in [6, 6.07) is 4.95. The molecule has 0 spiro atoms. The smallest absolute Gasteiger partial charge is 0.161 e. The van der Waals surface area contributed by atoms with Crippen LogP contribution < -0.4 is 0 Å². The number of rotatable bonds is 1. The van der Waals surface area contributed by atoms with E-state index in [0.717, 1.165) is 0 Å². The Hall–Kier alpha value is -1.30. The Balaban J connectivity index is 3.13. The minimum Gasteiger partial charge on any atom is -0.384 e. The van der Waals surface area contributed by atoms with Gasteiger partial charge in [0.05, 0.1) is 5.02 Å². The maximum atomic E-state index is 11.1. The number of hydrogen-bond donors (Lipinski definition) is 1. The third-order valence-corrected chi connectivity index (χ3v) is 1.99. The molecule has 1 aromatic rings. The lowest BCUT2D eigenvalue weighted by Gasteiger charge is -1.99. The van der Waals surface area contributed by atoms with Crippen LogP contribution in [0.3, 0.4) is 0 Å². The molecule has 0 saturated heterocycles. The molecule has 0 atom stereocenters. The van der Waals surface area contributed by atoms with Crippen LogP contribution in [0, 0.1) is 11.8 Å². The van der Waals surface area contributed by atoms with Gasteiger partial charge in [0, 0.05) is 11.1 Å². The number of hydrogen-bond acceptors (Lipinski definition) is 2. The zero-order valence-corrected chi connectivity index (χ0v) is 8.43. The van der Waals surface area contributed by atoms with Crippen LogP contribution in [0.1, 0.15) is 22.8 Å². The topological polar surface area (TPSA) is 37.3 Å². The maximum absolute atomic E-state index is 11.1. The predicted molar refractivity (Wildman–Crippen MR) is 55.4 cm³/mol. The van der Waals surface area contributed by atoms with Gasteiger partial charge in [-0.25, -0.2) is 0 Å². The number of carbonyl (C=O) groups excluding carboxylic acids is 1. The van der Waals surface area contributed by atoms with Crippen molar-refractivity contribution >= 4 is 17.4 Å². The van der Waals surface area contributed by atoms with E-state index in [9.17, 15) is 4.79 Å². The second kappa shape index (κ2) is 4.80. The van der Waals surface area contributed by atoms with Crippen LogP contribution in [0.2, 0.25) is 5.02 Å². The Labute approximate surface area is 87.5 Å². The summed E-state index contributed by atoms with van der Waals surface area (Å²) in [5, 5.41) is 8.92. The molecule has 1 aromatic carbocycles. The number of ketones is 1. The first kappa shape index (κ1) is 10.8. The lowest BCUT2D eigenvalue weighted by atomic mass is 10.1. The highest BCUT2D eigenvalue weighted by atomic mass is 35.5. The fourth-order valence-electron chi connectivity index (χ4n) is 1.01. The molecule has 0 aliphatic rings. The van der Waals surface area contributed by atoms with E-state index in [4.69, 9.17) is 16.7 Å². The van der Waals surface area contributed by atoms with E-state index in [0.29, 0.717) is 16.1 Å². The Kier molecular flexibility index (Phi) is 3.70. The summed E-state index contributed by atoms with van der Waals surface area (Å²) < 4.78 is 0. The molecule has 0 aliphatic heterocycles. The second-order valence-corrected chi connectivity index (χ2v) is 3.12. The van der Waals surface area contributed by atoms with Crippen molar-refractivity contribution in [1.29, 1.82) is 0 Å². The van der Waals surface area contributed by atoms with E-state index < -0.39 is 0 Å². The Morgan fingerprint density at radius 1 is 1.57 bits per heavy atom. The molecule has 0 saturated carbocycles. The van der Waals surface area contributed by atoms with Crippen molar-refractivity contribution in [3.63, 3.8) is 0 Å². The lowest BCUT2D eigenvalue weighted by Crippen LogP contribution is -1.94. The van der Waals surface area contributed by atoms with E-state index in [1.807, 2.05) is 0 Å². The molecule has 0 unspecified atom stereocenters. The summed E-state index contributed by atoms with van der Waals surface area (Å²) >= 11 is 5.81. The van der Waals surface area contributed by atoms with Gasteiger partial charge in [-0.15, -0.1) is 0 Å². The van der Waals surface area contributed by atoms with Crippen LogP contribution in [0.15, 0.2) is 18.2 Å². The van der Waals surface area contributed by atoms with E-state index in [1.165, 1.54) is 6.92 Å². The lowest BCUT2D eigenvalue weighted by molar-refractivity contribution is 0.101. The van der Waals surface area contributed by atoms with Crippen LogP contribution in [0.25, 0.3) is 0 Å². The number of halogens is 1. The Bertz CT molecular complexity index is 413. The molecule has 1 N–H and O–H groups in total. The van der Waals surface area contributed by atoms with Gasteiger partial charge in [0.2, 0.25) is 0 Å². The van der Waals surface area contributed by atoms with Crippen LogP contribution in [0.4, 0.5) is 0 Å². The minimum atomic E-state index is -0.196. The van der Waals surface area contributed by atoms with Crippen molar-refractivity contribution in [2.24, 2.45) is 0 Å². The van der Waals surface area contributed by atoms with Crippen LogP contribution in [0.5, 0.6) is 0 Å². The minimum absolute atomic E-state index is 0.0948. The molecule has 72 valence electrons. The third-order valence-electron chi connectivity index (χ3n) is 1.66. The molecule has 0 fully saturated rings. The third kappa shape index (κ3) is 2.59. The van der Waals surface area contributed by atoms with E-state index >= 15 is 0 Å². The van der Waals surface area contributed by atoms with E-state index in [2.05, 4.69) is 11.8 Å². The van der Waals surface area contributed by atoms with Crippen molar-refractivity contribution in [1.82, 2.24) is 0 Å². The highest BCUT2D eigenvalue weighted by Crippen LogP contribution is 2.17. The number of Topliss-reactive ketones (excluding diaryl/α,β-unsaturated/α-hetero) is 1. The fraction of sp³-hybridized carbons (Fsp3) is 0.182. The molecule has 0 aromatic heterocycles. The van der Waals surface area contributed by atoms with Crippen molar-refractivity contribution in [2.75, 3.05) is 6.61 Å². The van der Waals surface area contributed by atoms with E-state index in [-0.39, 0.29) is 12.4 Å². The summed E-state index contributed by atoms with van der Waals surface area (Å²) in [5.74, 6) is 5.11. The summed E-state index contributed by atoms with van der Waals surface area (Å²) in [6.45, 7) is 1.25. The summed E-state index contributed by atoms with van der Waals surface area (Å²) in [6.07, 6.45) is 0. The maximum Gasteiger partial charge on any atom is 0.161 e. The van der Waals surface area contributed by atoms with Crippen molar-refractivity contribution in [3.8, 4) is 11.8 Å². The first-order chi connectivity index (χ1) is 6.65. The van der Waals surface area contributed by atoms with Gasteiger partial charge in [0.1, 0.15) is 6.61 Å². The van der Waals surface area contributed by atoms with Crippen LogP contribution in [-0.2, 0) is 0 Å². The van der Waals surface area contributed by atoms with Crippen LogP contribution >= 0.6 is 11.6 Å². The number of carbonyl (C=O) groups is 1. The number of benzene rings is 1. The van der Waals surface area contributed by atoms with Crippen LogP contribution in [-0.4, -0.2) is 17.5 Å². The standard InChI is InChI=1S/C11H9ClO2/c1-8(14)10-7-9(3-2-6-13)4-5-11(10)12/h4-5,7,13H,6H2,1H3. The molecule has 0 radical (unpaired) electrons. The van der Waals surface area contributed by atoms with Gasteiger partial charge in [-0.05, 0) is 25.1 Å². The first-order valence-electron chi connectivity index (χ1n) is 4.05. The largest absolute Gasteiger partial charge is 0.384 e. The van der Waals surface area contributed by atoms with Gasteiger partial charge < -0.3 is 5.11 Å². The summed E-state index contributed by atoms with van der Waals surface area (Å²) in [5.41, 5.74) is 1.13. The van der Waals surface area contributed by atoms with Gasteiger partial charge in [0.25, 0.3) is 0 Å². The van der Waals surface area contributed by atoms with Crippen molar-refractivity contribution < 1.29 is 9.90 Å². The second-order valence-electron chi connectivity index (χ2n) is 2.71. The van der Waals surface area contributed by atoms with Gasteiger partial charge in [-0.1, -0.05) is 23.4 Å². The van der Waals surface area contributed by atoms with Gasteiger partial charge in [0.15, 0.2) is 5.78 Å². The molecular weight excluding hydrogens is 200 g/mol. The quantitative estimate of drug-likeness (QED) is 0.565. The molecule has 3 heteroatoms. The summed E-state index contributed by atoms with van der Waals surface area (Å²) in [7, 11) is 0. The van der Waals surface area contributed by atoms with Crippen molar-refractivity contribution in [3.05, 3.63) is 34.3 Å². The zero-order valence-electron chi connectivity index (χ0n) is 7.67. The highest BCUT2D eigenvalue weighted by molar-refractivity contribution is 6.33. The van der Waals surface area contributed by atoms with Gasteiger partial charge >= 0.3 is 0 Å². The molecule has 0 aliphatic carbocycles. The molecule has 2 nitrogen and oxygen atoms in total. The highest BCUT2D eigenvalue weighted by Gasteiger charge is 2.05.